The van der Waals surface area contributed by atoms with Gasteiger partial charge in [-0.2, -0.15) is 0 Å². The highest BCUT2D eigenvalue weighted by Crippen LogP contribution is 2.30. The Morgan fingerprint density at radius 3 is 2.48 bits per heavy atom. The lowest BCUT2D eigenvalue weighted by Crippen LogP contribution is -2.10. The van der Waals surface area contributed by atoms with Gasteiger partial charge in [0, 0.05) is 17.3 Å². The van der Waals surface area contributed by atoms with E-state index >= 15 is 0 Å². The Balaban J connectivity index is 2.20. The molecule has 0 aliphatic heterocycles. The zero-order valence-corrected chi connectivity index (χ0v) is 11.3. The summed E-state index contributed by atoms with van der Waals surface area (Å²) >= 11 is 0. The quantitative estimate of drug-likeness (QED) is 0.532. The summed E-state index contributed by atoms with van der Waals surface area (Å²) < 4.78 is 1.44. The molecule has 0 radical (unpaired) electrons. The Morgan fingerprint density at radius 1 is 1.10 bits per heavy atom. The molecule has 0 fully saturated rings. The van der Waals surface area contributed by atoms with E-state index in [4.69, 9.17) is 0 Å². The van der Waals surface area contributed by atoms with Crippen LogP contribution in [0.1, 0.15) is 15.9 Å². The second-order valence-electron chi connectivity index (χ2n) is 4.78. The Kier molecular flexibility index (Phi) is 3.02. The van der Waals surface area contributed by atoms with E-state index in [0.717, 1.165) is 0 Å². The van der Waals surface area contributed by atoms with Gasteiger partial charge in [-0.25, -0.2) is 0 Å². The van der Waals surface area contributed by atoms with E-state index in [0.29, 0.717) is 22.0 Å². The summed E-state index contributed by atoms with van der Waals surface area (Å²) in [6.45, 7) is 1.69. The molecule has 104 valence electrons. The SMILES string of the molecule is Cc1ccc2c(ccn2C(=O)c2ccccc2)c1[N+](=O)[O-]. The van der Waals surface area contributed by atoms with E-state index in [1.165, 1.54) is 4.57 Å². The van der Waals surface area contributed by atoms with Crippen LogP contribution >= 0.6 is 0 Å². The molecule has 3 rings (SSSR count). The van der Waals surface area contributed by atoms with Gasteiger partial charge >= 0.3 is 0 Å². The third-order valence-electron chi connectivity index (χ3n) is 3.47. The average molecular weight is 280 g/mol. The molecule has 0 aliphatic rings. The van der Waals surface area contributed by atoms with Crippen molar-refractivity contribution in [2.24, 2.45) is 0 Å². The molecular formula is C16H12N2O3. The number of benzene rings is 2. The molecule has 0 N–H and O–H groups in total. The molecule has 3 aromatic rings. The lowest BCUT2D eigenvalue weighted by Gasteiger charge is -2.05. The monoisotopic (exact) mass is 280 g/mol. The minimum atomic E-state index is -0.408. The summed E-state index contributed by atoms with van der Waals surface area (Å²) in [5.74, 6) is -0.205. The van der Waals surface area contributed by atoms with Gasteiger partial charge in [0.15, 0.2) is 0 Å². The lowest BCUT2D eigenvalue weighted by molar-refractivity contribution is -0.383. The second kappa shape index (κ2) is 4.86. The minimum absolute atomic E-state index is 0.0483. The van der Waals surface area contributed by atoms with Crippen molar-refractivity contribution in [3.8, 4) is 0 Å². The van der Waals surface area contributed by atoms with E-state index in [9.17, 15) is 14.9 Å². The first kappa shape index (κ1) is 13.1. The molecule has 0 saturated heterocycles. The van der Waals surface area contributed by atoms with E-state index in [-0.39, 0.29) is 11.6 Å². The molecule has 2 aromatic carbocycles. The fourth-order valence-electron chi connectivity index (χ4n) is 2.45. The summed E-state index contributed by atoms with van der Waals surface area (Å²) in [7, 11) is 0. The van der Waals surface area contributed by atoms with E-state index in [1.54, 1.807) is 55.6 Å². The molecule has 0 aliphatic carbocycles. The number of carbonyl (C=O) groups excluding carboxylic acids is 1. The van der Waals surface area contributed by atoms with Crippen LogP contribution in [0.4, 0.5) is 5.69 Å². The average Bonchev–Trinajstić information content (AvgIpc) is 2.90. The second-order valence-corrected chi connectivity index (χ2v) is 4.78. The smallest absolute Gasteiger partial charge is 0.281 e. The molecule has 0 unspecified atom stereocenters. The highest BCUT2D eigenvalue weighted by molar-refractivity contribution is 6.04. The number of hydrogen-bond donors (Lipinski definition) is 0. The Labute approximate surface area is 120 Å². The van der Waals surface area contributed by atoms with Crippen molar-refractivity contribution >= 4 is 22.5 Å². The van der Waals surface area contributed by atoms with Crippen molar-refractivity contribution in [1.82, 2.24) is 4.57 Å². The molecule has 0 spiro atoms. The number of rotatable bonds is 2. The van der Waals surface area contributed by atoms with Gasteiger partial charge < -0.3 is 0 Å². The molecule has 0 atom stereocenters. The summed E-state index contributed by atoms with van der Waals surface area (Å²) in [5.41, 5.74) is 1.71. The molecule has 21 heavy (non-hydrogen) atoms. The maximum Gasteiger partial charge on any atom is 0.281 e. The molecule has 0 amide bonds. The zero-order valence-electron chi connectivity index (χ0n) is 11.3. The van der Waals surface area contributed by atoms with Crippen LogP contribution < -0.4 is 0 Å². The maximum absolute atomic E-state index is 12.5. The standard InChI is InChI=1S/C16H12N2O3/c1-11-7-8-14-13(15(11)18(20)21)9-10-17(14)16(19)12-5-3-2-4-6-12/h2-10H,1H3. The third-order valence-corrected chi connectivity index (χ3v) is 3.47. The summed E-state index contributed by atoms with van der Waals surface area (Å²) in [6, 6.07) is 13.8. The van der Waals surface area contributed by atoms with Gasteiger partial charge in [0.25, 0.3) is 11.6 Å². The molecular weight excluding hydrogens is 268 g/mol. The highest BCUT2D eigenvalue weighted by Gasteiger charge is 2.20. The first-order valence-corrected chi connectivity index (χ1v) is 6.44. The minimum Gasteiger partial charge on any atom is -0.283 e. The number of aromatic nitrogens is 1. The van der Waals surface area contributed by atoms with Crippen molar-refractivity contribution in [3.63, 3.8) is 0 Å². The number of hydrogen-bond acceptors (Lipinski definition) is 3. The van der Waals surface area contributed by atoms with Crippen molar-refractivity contribution < 1.29 is 9.72 Å². The van der Waals surface area contributed by atoms with Gasteiger partial charge in [0.2, 0.25) is 0 Å². The van der Waals surface area contributed by atoms with E-state index in [1.807, 2.05) is 6.07 Å². The van der Waals surface area contributed by atoms with Crippen molar-refractivity contribution in [2.45, 2.75) is 6.92 Å². The van der Waals surface area contributed by atoms with Gasteiger partial charge in [-0.3, -0.25) is 19.5 Å². The van der Waals surface area contributed by atoms with E-state index in [2.05, 4.69) is 0 Å². The van der Waals surface area contributed by atoms with Crippen molar-refractivity contribution in [1.29, 1.82) is 0 Å². The molecule has 1 heterocycles. The number of aryl methyl sites for hydroxylation is 1. The predicted molar refractivity (Wildman–Crippen MR) is 79.5 cm³/mol. The van der Waals surface area contributed by atoms with Crippen LogP contribution in [0.3, 0.4) is 0 Å². The van der Waals surface area contributed by atoms with Crippen LogP contribution in [0.15, 0.2) is 54.7 Å². The van der Waals surface area contributed by atoms with Crippen LogP contribution in [0, 0.1) is 17.0 Å². The summed E-state index contributed by atoms with van der Waals surface area (Å²) in [5, 5.41) is 11.7. The van der Waals surface area contributed by atoms with Gasteiger partial charge in [-0.15, -0.1) is 0 Å². The van der Waals surface area contributed by atoms with Crippen molar-refractivity contribution in [2.75, 3.05) is 0 Å². The maximum atomic E-state index is 12.5. The van der Waals surface area contributed by atoms with Crippen LogP contribution in [0.25, 0.3) is 10.9 Å². The highest BCUT2D eigenvalue weighted by atomic mass is 16.6. The van der Waals surface area contributed by atoms with Crippen LogP contribution in [-0.4, -0.2) is 15.4 Å². The number of nitrogens with zero attached hydrogens (tertiary/aromatic N) is 2. The fraction of sp³-hybridized carbons (Fsp3) is 0.0625. The van der Waals surface area contributed by atoms with Crippen molar-refractivity contribution in [3.05, 3.63) is 76.0 Å². The largest absolute Gasteiger partial charge is 0.283 e. The van der Waals surface area contributed by atoms with Gasteiger partial charge in [0.1, 0.15) is 0 Å². The number of carbonyl (C=O) groups is 1. The van der Waals surface area contributed by atoms with Crippen LogP contribution in [0.2, 0.25) is 0 Å². The van der Waals surface area contributed by atoms with Gasteiger partial charge in [-0.1, -0.05) is 24.3 Å². The van der Waals surface area contributed by atoms with Crippen LogP contribution in [0.5, 0.6) is 0 Å². The molecule has 5 nitrogen and oxygen atoms in total. The Bertz CT molecular complexity index is 851. The number of nitro groups is 1. The lowest BCUT2D eigenvalue weighted by atomic mass is 10.1. The zero-order chi connectivity index (χ0) is 15.0. The molecule has 1 aromatic heterocycles. The molecule has 0 saturated carbocycles. The Morgan fingerprint density at radius 2 is 1.81 bits per heavy atom. The van der Waals surface area contributed by atoms with Crippen LogP contribution in [-0.2, 0) is 0 Å². The van der Waals surface area contributed by atoms with Gasteiger partial charge in [-0.05, 0) is 31.2 Å². The summed E-state index contributed by atoms with van der Waals surface area (Å²) in [4.78, 5) is 23.3. The van der Waals surface area contributed by atoms with Gasteiger partial charge in [0.05, 0.1) is 15.8 Å². The predicted octanol–water partition coefficient (Wildman–Crippen LogP) is 3.55. The number of fused-ring (bicyclic) bond motifs is 1. The molecule has 5 heteroatoms. The fourth-order valence-corrected chi connectivity index (χ4v) is 2.45. The normalized spacial score (nSPS) is 10.7. The summed E-state index contributed by atoms with van der Waals surface area (Å²) in [6.07, 6.45) is 1.58. The first-order chi connectivity index (χ1) is 10.1. The topological polar surface area (TPSA) is 65.1 Å². The molecule has 0 bridgehead atoms. The first-order valence-electron chi connectivity index (χ1n) is 6.44. The number of nitro benzene ring substituents is 1. The third kappa shape index (κ3) is 2.08. The Hall–Kier alpha value is -2.95. The van der Waals surface area contributed by atoms with E-state index < -0.39 is 4.92 Å².